The number of thiazole rings is 1. The maximum absolute atomic E-state index is 13.0. The SMILES string of the molecule is O=c1sc2ccccc2n1CC1CCN(CC(O)c2ccc(F)cc2)CC1. The van der Waals surface area contributed by atoms with Crippen LogP contribution in [0, 0.1) is 11.7 Å². The van der Waals surface area contributed by atoms with Crippen LogP contribution in [0.1, 0.15) is 24.5 Å². The van der Waals surface area contributed by atoms with E-state index in [1.54, 1.807) is 12.1 Å². The molecule has 4 nitrogen and oxygen atoms in total. The van der Waals surface area contributed by atoms with Crippen molar-refractivity contribution in [2.24, 2.45) is 5.92 Å². The number of fused-ring (bicyclic) bond motifs is 1. The fourth-order valence-electron chi connectivity index (χ4n) is 3.83. The van der Waals surface area contributed by atoms with E-state index >= 15 is 0 Å². The number of hydrogen-bond acceptors (Lipinski definition) is 4. The highest BCUT2D eigenvalue weighted by Gasteiger charge is 2.23. The molecule has 0 aliphatic carbocycles. The van der Waals surface area contributed by atoms with E-state index in [2.05, 4.69) is 4.90 Å². The molecule has 1 atom stereocenters. The lowest BCUT2D eigenvalue weighted by molar-refractivity contribution is 0.0867. The van der Waals surface area contributed by atoms with Crippen molar-refractivity contribution in [3.05, 3.63) is 69.6 Å². The smallest absolute Gasteiger partial charge is 0.308 e. The van der Waals surface area contributed by atoms with Gasteiger partial charge in [0, 0.05) is 13.1 Å². The highest BCUT2D eigenvalue weighted by Crippen LogP contribution is 2.24. The molecule has 4 rings (SSSR count). The van der Waals surface area contributed by atoms with Gasteiger partial charge in [0.25, 0.3) is 0 Å². The first-order valence-corrected chi connectivity index (χ1v) is 10.2. The van der Waals surface area contributed by atoms with Crippen molar-refractivity contribution in [2.45, 2.75) is 25.5 Å². The Morgan fingerprint density at radius 1 is 1.11 bits per heavy atom. The van der Waals surface area contributed by atoms with Gasteiger partial charge in [-0.15, -0.1) is 0 Å². The summed E-state index contributed by atoms with van der Waals surface area (Å²) >= 11 is 1.31. The van der Waals surface area contributed by atoms with Crippen LogP contribution in [0.2, 0.25) is 0 Å². The molecule has 27 heavy (non-hydrogen) atoms. The number of nitrogens with zero attached hydrogens (tertiary/aromatic N) is 2. The van der Waals surface area contributed by atoms with Crippen molar-refractivity contribution < 1.29 is 9.50 Å². The molecule has 142 valence electrons. The van der Waals surface area contributed by atoms with Crippen LogP contribution in [0.25, 0.3) is 10.2 Å². The fourth-order valence-corrected chi connectivity index (χ4v) is 4.73. The van der Waals surface area contributed by atoms with Gasteiger partial charge in [-0.3, -0.25) is 9.36 Å². The molecular formula is C21H23FN2O2S. The maximum atomic E-state index is 13.0. The Kier molecular flexibility index (Phi) is 5.38. The van der Waals surface area contributed by atoms with Gasteiger partial charge in [0.2, 0.25) is 0 Å². The zero-order chi connectivity index (χ0) is 18.8. The lowest BCUT2D eigenvalue weighted by Gasteiger charge is -2.33. The Morgan fingerprint density at radius 2 is 1.81 bits per heavy atom. The molecule has 1 saturated heterocycles. The van der Waals surface area contributed by atoms with E-state index in [0.29, 0.717) is 12.5 Å². The van der Waals surface area contributed by atoms with Gasteiger partial charge >= 0.3 is 4.87 Å². The molecule has 1 aromatic heterocycles. The largest absolute Gasteiger partial charge is 0.387 e. The van der Waals surface area contributed by atoms with E-state index < -0.39 is 6.10 Å². The maximum Gasteiger partial charge on any atom is 0.308 e. The van der Waals surface area contributed by atoms with E-state index in [1.807, 2.05) is 28.8 Å². The molecule has 1 N–H and O–H groups in total. The van der Waals surface area contributed by atoms with Gasteiger partial charge in [-0.05, 0) is 61.7 Å². The lowest BCUT2D eigenvalue weighted by atomic mass is 9.96. The number of piperidine rings is 1. The van der Waals surface area contributed by atoms with Crippen molar-refractivity contribution >= 4 is 21.6 Å². The van der Waals surface area contributed by atoms with Gasteiger partial charge in [0.15, 0.2) is 0 Å². The van der Waals surface area contributed by atoms with E-state index in [4.69, 9.17) is 0 Å². The number of rotatable bonds is 5. The molecule has 2 aromatic carbocycles. The molecule has 1 aliphatic heterocycles. The minimum atomic E-state index is -0.606. The van der Waals surface area contributed by atoms with Crippen LogP contribution in [0.3, 0.4) is 0 Å². The first-order valence-electron chi connectivity index (χ1n) is 9.34. The van der Waals surface area contributed by atoms with Crippen LogP contribution >= 0.6 is 11.3 Å². The third kappa shape index (κ3) is 4.13. The van der Waals surface area contributed by atoms with E-state index in [-0.39, 0.29) is 10.7 Å². The normalized spacial score (nSPS) is 17.4. The number of aliphatic hydroxyl groups excluding tert-OH is 1. The second kappa shape index (κ2) is 7.92. The number of aromatic nitrogens is 1. The first kappa shape index (κ1) is 18.3. The van der Waals surface area contributed by atoms with Crippen molar-refractivity contribution in [3.63, 3.8) is 0 Å². The molecule has 2 heterocycles. The summed E-state index contributed by atoms with van der Waals surface area (Å²) in [7, 11) is 0. The van der Waals surface area contributed by atoms with Crippen LogP contribution in [-0.2, 0) is 6.54 Å². The number of likely N-dealkylation sites (tertiary alicyclic amines) is 1. The van der Waals surface area contributed by atoms with Crippen LogP contribution in [0.4, 0.5) is 4.39 Å². The lowest BCUT2D eigenvalue weighted by Crippen LogP contribution is -2.38. The number of halogens is 1. The van der Waals surface area contributed by atoms with Crippen molar-refractivity contribution in [1.29, 1.82) is 0 Å². The average molecular weight is 386 g/mol. The predicted octanol–water partition coefficient (Wildman–Crippen LogP) is 3.65. The summed E-state index contributed by atoms with van der Waals surface area (Å²) in [6.45, 7) is 3.12. The average Bonchev–Trinajstić information content (AvgIpc) is 2.99. The van der Waals surface area contributed by atoms with Gasteiger partial charge < -0.3 is 10.0 Å². The summed E-state index contributed by atoms with van der Waals surface area (Å²) in [5.41, 5.74) is 1.77. The summed E-state index contributed by atoms with van der Waals surface area (Å²) in [6.07, 6.45) is 1.41. The van der Waals surface area contributed by atoms with Crippen molar-refractivity contribution in [1.82, 2.24) is 9.47 Å². The number of β-amino-alcohol motifs (C(OH)–C–C–N with tert-alkyl or cyclic N) is 1. The van der Waals surface area contributed by atoms with Crippen molar-refractivity contribution in [3.8, 4) is 0 Å². The second-order valence-corrected chi connectivity index (χ2v) is 8.25. The summed E-state index contributed by atoms with van der Waals surface area (Å²) in [4.78, 5) is 14.7. The fraction of sp³-hybridized carbons (Fsp3) is 0.381. The quantitative estimate of drug-likeness (QED) is 0.728. The molecule has 6 heteroatoms. The second-order valence-electron chi connectivity index (χ2n) is 7.26. The molecule has 0 radical (unpaired) electrons. The highest BCUT2D eigenvalue weighted by molar-refractivity contribution is 7.16. The Labute approximate surface area is 161 Å². The molecule has 3 aromatic rings. The standard InChI is InChI=1S/C21H23FN2O2S/c22-17-7-5-16(6-8-17)19(25)14-23-11-9-15(10-12-23)13-24-18-3-1-2-4-20(18)27-21(24)26/h1-8,15,19,25H,9-14H2. The number of benzene rings is 2. The Bertz CT molecular complexity index is 958. The minimum Gasteiger partial charge on any atom is -0.387 e. The number of hydrogen-bond donors (Lipinski definition) is 1. The van der Waals surface area contributed by atoms with Crippen LogP contribution in [0.15, 0.2) is 53.3 Å². The first-order chi connectivity index (χ1) is 13.1. The molecule has 0 bridgehead atoms. The van der Waals surface area contributed by atoms with E-state index in [0.717, 1.165) is 48.3 Å². The molecule has 1 unspecified atom stereocenters. The van der Waals surface area contributed by atoms with Gasteiger partial charge in [-0.2, -0.15) is 0 Å². The summed E-state index contributed by atoms with van der Waals surface area (Å²) in [6, 6.07) is 14.0. The number of aliphatic hydroxyl groups is 1. The van der Waals surface area contributed by atoms with E-state index in [1.165, 1.54) is 23.5 Å². The van der Waals surface area contributed by atoms with Crippen LogP contribution in [-0.4, -0.2) is 34.2 Å². The molecule has 1 aliphatic rings. The van der Waals surface area contributed by atoms with Gasteiger partial charge in [0.1, 0.15) is 5.82 Å². The van der Waals surface area contributed by atoms with E-state index in [9.17, 15) is 14.3 Å². The summed E-state index contributed by atoms with van der Waals surface area (Å²) in [5, 5.41) is 10.4. The zero-order valence-corrected chi connectivity index (χ0v) is 15.9. The molecule has 0 saturated carbocycles. The Morgan fingerprint density at radius 3 is 2.56 bits per heavy atom. The highest BCUT2D eigenvalue weighted by atomic mass is 32.1. The number of para-hydroxylation sites is 1. The van der Waals surface area contributed by atoms with Crippen LogP contribution < -0.4 is 4.87 Å². The molecular weight excluding hydrogens is 363 g/mol. The molecule has 0 spiro atoms. The molecule has 1 fully saturated rings. The topological polar surface area (TPSA) is 45.5 Å². The Balaban J connectivity index is 1.34. The monoisotopic (exact) mass is 386 g/mol. The van der Waals surface area contributed by atoms with Crippen LogP contribution in [0.5, 0.6) is 0 Å². The third-order valence-electron chi connectivity index (χ3n) is 5.41. The van der Waals surface area contributed by atoms with Gasteiger partial charge in [-0.25, -0.2) is 4.39 Å². The Hall–Kier alpha value is -2.02. The van der Waals surface area contributed by atoms with Gasteiger partial charge in [-0.1, -0.05) is 35.6 Å². The minimum absolute atomic E-state index is 0.116. The van der Waals surface area contributed by atoms with Gasteiger partial charge in [0.05, 0.1) is 16.3 Å². The molecule has 0 amide bonds. The summed E-state index contributed by atoms with van der Waals surface area (Å²) in [5.74, 6) is 0.183. The zero-order valence-electron chi connectivity index (χ0n) is 15.1. The summed E-state index contributed by atoms with van der Waals surface area (Å²) < 4.78 is 16.0. The van der Waals surface area contributed by atoms with Crippen molar-refractivity contribution in [2.75, 3.05) is 19.6 Å². The predicted molar refractivity (Wildman–Crippen MR) is 107 cm³/mol. The third-order valence-corrected chi connectivity index (χ3v) is 6.37.